The van der Waals surface area contributed by atoms with E-state index in [1.807, 2.05) is 104 Å². The third-order valence-corrected chi connectivity index (χ3v) is 13.2. The van der Waals surface area contributed by atoms with Gasteiger partial charge in [0.1, 0.15) is 0 Å². The molecule has 0 aliphatic carbocycles. The maximum Gasteiger partial charge on any atom is 0.264 e. The molecule has 9 nitrogen and oxygen atoms in total. The standard InChI is InChI=1S/C42H45FN4O5Si/c1-28-40(53(2,3)43)37(24-39(50)46(20-21-48)26-29-12-6-4-7-13-29)52-42(28)34-23-32(45-38(49)22-31-25-44-35-17-11-10-16-33(31)35)18-19-36(34)47(41(42)51)27-30-14-8-5-9-15-30/h4-19,23,25,28,37,40,44,48H,20-22,24,26-27H2,1-3H3,(H,45,49)/t28-,37+,40-,42+/m1/s1. The van der Waals surface area contributed by atoms with Crippen molar-refractivity contribution in [1.82, 2.24) is 9.88 Å². The number of hydrogen-bond donors (Lipinski definition) is 3. The Hall–Kier alpha value is -5.10. The fourth-order valence-electron chi connectivity index (χ4n) is 8.42. The number of benzene rings is 4. The molecule has 4 atom stereocenters. The average molecular weight is 733 g/mol. The van der Waals surface area contributed by atoms with Crippen LogP contribution in [0.3, 0.4) is 0 Å². The zero-order chi connectivity index (χ0) is 37.3. The summed E-state index contributed by atoms with van der Waals surface area (Å²) in [5.74, 6) is -1.46. The molecule has 2 aliphatic rings. The van der Waals surface area contributed by atoms with Crippen molar-refractivity contribution >= 4 is 48.4 Å². The van der Waals surface area contributed by atoms with Crippen molar-refractivity contribution in [3.8, 4) is 0 Å². The maximum absolute atomic E-state index is 16.6. The highest BCUT2D eigenvalue weighted by Crippen LogP contribution is 2.60. The van der Waals surface area contributed by atoms with Gasteiger partial charge in [0.15, 0.2) is 5.60 Å². The monoisotopic (exact) mass is 732 g/mol. The van der Waals surface area contributed by atoms with Crippen LogP contribution in [0.1, 0.15) is 35.6 Å². The normalized spacial score (nSPS) is 21.0. The van der Waals surface area contributed by atoms with Crippen molar-refractivity contribution in [1.29, 1.82) is 0 Å². The summed E-state index contributed by atoms with van der Waals surface area (Å²) in [6, 6.07) is 32.3. The zero-order valence-corrected chi connectivity index (χ0v) is 31.2. The van der Waals surface area contributed by atoms with Crippen LogP contribution in [0.15, 0.2) is 109 Å². The molecule has 3 N–H and O–H groups in total. The molecule has 5 aromatic rings. The first-order chi connectivity index (χ1) is 25.5. The lowest BCUT2D eigenvalue weighted by atomic mass is 9.82. The summed E-state index contributed by atoms with van der Waals surface area (Å²) in [7, 11) is -3.57. The molecule has 1 spiro atoms. The van der Waals surface area contributed by atoms with E-state index in [-0.39, 0.29) is 56.8 Å². The van der Waals surface area contributed by atoms with Crippen LogP contribution in [0.4, 0.5) is 15.5 Å². The number of amides is 3. The summed E-state index contributed by atoms with van der Waals surface area (Å²) in [5, 5.41) is 13.8. The molecule has 2 aliphatic heterocycles. The van der Waals surface area contributed by atoms with Crippen LogP contribution < -0.4 is 10.2 Å². The first-order valence-electron chi connectivity index (χ1n) is 18.1. The lowest BCUT2D eigenvalue weighted by molar-refractivity contribution is -0.150. The summed E-state index contributed by atoms with van der Waals surface area (Å²) in [5.41, 5.74) is 2.99. The van der Waals surface area contributed by atoms with Crippen molar-refractivity contribution in [2.24, 2.45) is 5.92 Å². The number of aliphatic hydroxyl groups is 1. The number of para-hydroxylation sites is 1. The topological polar surface area (TPSA) is 115 Å². The summed E-state index contributed by atoms with van der Waals surface area (Å²) in [4.78, 5) is 48.8. The molecular weight excluding hydrogens is 688 g/mol. The average Bonchev–Trinajstić information content (AvgIpc) is 3.75. The summed E-state index contributed by atoms with van der Waals surface area (Å²) in [6.45, 7) is 5.49. The van der Waals surface area contributed by atoms with E-state index in [1.54, 1.807) is 35.0 Å². The number of aromatic amines is 1. The molecule has 0 saturated carbocycles. The molecule has 1 fully saturated rings. The third-order valence-electron chi connectivity index (χ3n) is 10.8. The highest BCUT2D eigenvalue weighted by molar-refractivity contribution is 6.72. The van der Waals surface area contributed by atoms with Gasteiger partial charge in [0.05, 0.1) is 37.8 Å². The number of ether oxygens (including phenoxy) is 1. The Labute approximate surface area is 310 Å². The van der Waals surface area contributed by atoms with Crippen LogP contribution in [0.5, 0.6) is 0 Å². The van der Waals surface area contributed by atoms with Crippen molar-refractivity contribution in [3.63, 3.8) is 0 Å². The number of aliphatic hydroxyl groups excluding tert-OH is 1. The number of hydrogen-bond acceptors (Lipinski definition) is 5. The van der Waals surface area contributed by atoms with Crippen molar-refractivity contribution in [2.75, 3.05) is 23.4 Å². The van der Waals surface area contributed by atoms with Gasteiger partial charge in [0.25, 0.3) is 5.91 Å². The van der Waals surface area contributed by atoms with Crippen LogP contribution in [0, 0.1) is 5.92 Å². The predicted octanol–water partition coefficient (Wildman–Crippen LogP) is 7.08. The van der Waals surface area contributed by atoms with Gasteiger partial charge < -0.3 is 34.1 Å². The Morgan fingerprint density at radius 3 is 2.36 bits per heavy atom. The molecule has 11 heteroatoms. The lowest BCUT2D eigenvalue weighted by Gasteiger charge is -2.31. The number of anilines is 2. The van der Waals surface area contributed by atoms with Crippen molar-refractivity contribution in [2.45, 2.75) is 63.2 Å². The first-order valence-corrected chi connectivity index (χ1v) is 21.1. The number of nitrogens with one attached hydrogen (secondary N) is 2. The molecule has 3 amide bonds. The van der Waals surface area contributed by atoms with E-state index in [1.165, 1.54) is 0 Å². The number of nitrogens with zero attached hydrogens (tertiary/aromatic N) is 2. The van der Waals surface area contributed by atoms with E-state index in [9.17, 15) is 19.5 Å². The first kappa shape index (κ1) is 36.3. The minimum absolute atomic E-state index is 0.108. The largest absolute Gasteiger partial charge is 0.395 e. The minimum atomic E-state index is -3.57. The fourth-order valence-corrected chi connectivity index (χ4v) is 10.9. The highest BCUT2D eigenvalue weighted by atomic mass is 28.4. The van der Waals surface area contributed by atoms with E-state index < -0.39 is 31.6 Å². The lowest BCUT2D eigenvalue weighted by Crippen LogP contribution is -2.45. The van der Waals surface area contributed by atoms with E-state index >= 15 is 4.11 Å². The second kappa shape index (κ2) is 14.7. The molecule has 4 aromatic carbocycles. The van der Waals surface area contributed by atoms with Crippen LogP contribution in [-0.2, 0) is 44.2 Å². The number of H-pyrrole nitrogens is 1. The van der Waals surface area contributed by atoms with Crippen LogP contribution >= 0.6 is 0 Å². The zero-order valence-electron chi connectivity index (χ0n) is 30.2. The summed E-state index contributed by atoms with van der Waals surface area (Å²) in [6.07, 6.45) is 0.933. The van der Waals surface area contributed by atoms with E-state index in [0.717, 1.165) is 27.6 Å². The van der Waals surface area contributed by atoms with Crippen molar-refractivity contribution < 1.29 is 28.3 Å². The smallest absolute Gasteiger partial charge is 0.264 e. The molecule has 1 saturated heterocycles. The Balaban J connectivity index is 1.23. The summed E-state index contributed by atoms with van der Waals surface area (Å²) >= 11 is 0. The van der Waals surface area contributed by atoms with Crippen LogP contribution in [0.25, 0.3) is 10.9 Å². The molecule has 0 bridgehead atoms. The SMILES string of the molecule is C[C@@H]1[C@@H]([Si](C)(C)F)[C@H](CC(=O)N(CCO)Cc2ccccc2)O[C@@]12C(=O)N(Cc1ccccc1)c1ccc(NC(=O)Cc3c[nH]c4ccccc34)cc12. The number of carbonyl (C=O) groups excluding carboxylic acids is 3. The number of carbonyl (C=O) groups is 3. The van der Waals surface area contributed by atoms with Crippen LogP contribution in [0.2, 0.25) is 18.6 Å². The summed E-state index contributed by atoms with van der Waals surface area (Å²) < 4.78 is 23.5. The molecule has 0 unspecified atom stereocenters. The molecule has 7 rings (SSSR count). The van der Waals surface area contributed by atoms with Crippen molar-refractivity contribution in [3.05, 3.63) is 132 Å². The molecule has 0 radical (unpaired) electrons. The van der Waals surface area contributed by atoms with Gasteiger partial charge in [0.2, 0.25) is 20.2 Å². The van der Waals surface area contributed by atoms with E-state index in [4.69, 9.17) is 4.74 Å². The second-order valence-corrected chi connectivity index (χ2v) is 18.5. The van der Waals surface area contributed by atoms with Gasteiger partial charge in [-0.15, -0.1) is 0 Å². The van der Waals surface area contributed by atoms with E-state index in [0.29, 0.717) is 16.9 Å². The van der Waals surface area contributed by atoms with Gasteiger partial charge in [-0.05, 0) is 54.0 Å². The van der Waals surface area contributed by atoms with E-state index in [2.05, 4.69) is 10.3 Å². The number of halogens is 1. The van der Waals surface area contributed by atoms with Gasteiger partial charge >= 0.3 is 0 Å². The Bertz CT molecular complexity index is 2120. The van der Waals surface area contributed by atoms with Gasteiger partial charge in [-0.2, -0.15) is 0 Å². The minimum Gasteiger partial charge on any atom is -0.395 e. The number of aromatic nitrogens is 1. The predicted molar refractivity (Wildman–Crippen MR) is 206 cm³/mol. The molecular formula is C42H45FN4O5Si. The quantitative estimate of drug-likeness (QED) is 0.0938. The Morgan fingerprint density at radius 1 is 0.981 bits per heavy atom. The molecule has 274 valence electrons. The molecule has 3 heterocycles. The molecule has 1 aromatic heterocycles. The van der Waals surface area contributed by atoms with Gasteiger partial charge in [-0.25, -0.2) is 0 Å². The van der Waals surface area contributed by atoms with Gasteiger partial charge in [0, 0.05) is 52.9 Å². The second-order valence-electron chi connectivity index (χ2n) is 14.7. The third kappa shape index (κ3) is 7.04. The molecule has 53 heavy (non-hydrogen) atoms. The number of rotatable bonds is 12. The highest BCUT2D eigenvalue weighted by Gasteiger charge is 2.67. The number of fused-ring (bicyclic) bond motifs is 3. The Kier molecular flexibility index (Phi) is 10.1. The van der Waals surface area contributed by atoms with Gasteiger partial charge in [-0.3, -0.25) is 14.4 Å². The maximum atomic E-state index is 16.6. The van der Waals surface area contributed by atoms with Gasteiger partial charge in [-0.1, -0.05) is 85.8 Å². The Morgan fingerprint density at radius 2 is 1.66 bits per heavy atom. The van der Waals surface area contributed by atoms with Crippen LogP contribution in [-0.4, -0.2) is 60.4 Å². The fraction of sp³-hybridized carbons (Fsp3) is 0.310.